The quantitative estimate of drug-likeness (QED) is 0.0461. The van der Waals surface area contributed by atoms with Crippen LogP contribution in [0.4, 0.5) is 0 Å². The van der Waals surface area contributed by atoms with E-state index in [1.807, 2.05) is 24.3 Å². The summed E-state index contributed by atoms with van der Waals surface area (Å²) < 4.78 is 5.59. The van der Waals surface area contributed by atoms with Crippen LogP contribution in [0.1, 0.15) is 104 Å². The fourth-order valence-corrected chi connectivity index (χ4v) is 7.48. The number of aryl methyl sites for hydroxylation is 1. The van der Waals surface area contributed by atoms with Gasteiger partial charge in [0.25, 0.3) is 29.5 Å². The van der Waals surface area contributed by atoms with Crippen molar-refractivity contribution in [1.82, 2.24) is 31.1 Å². The summed E-state index contributed by atoms with van der Waals surface area (Å²) in [6, 6.07) is 14.6. The van der Waals surface area contributed by atoms with Gasteiger partial charge in [-0.2, -0.15) is 0 Å². The maximum Gasteiger partial charge on any atom is 0.267 e. The second-order valence-corrected chi connectivity index (χ2v) is 15.1. The predicted octanol–water partition coefficient (Wildman–Crippen LogP) is 1.57. The minimum atomic E-state index is -1.13. The highest BCUT2D eigenvalue weighted by molar-refractivity contribution is 6.24. The van der Waals surface area contributed by atoms with Crippen LogP contribution in [0.3, 0.4) is 0 Å². The Balaban J connectivity index is 0.848. The molecule has 324 valence electrons. The van der Waals surface area contributed by atoms with E-state index in [1.54, 1.807) is 0 Å². The summed E-state index contributed by atoms with van der Waals surface area (Å²) in [5.74, 6) is -5.53. The number of piperidine rings is 1. The Bertz CT molecular complexity index is 2360. The molecule has 18 heteroatoms. The van der Waals surface area contributed by atoms with Crippen molar-refractivity contribution in [3.05, 3.63) is 106 Å². The number of nitrogens with two attached hydrogens (primary N) is 1. The number of fused-ring (bicyclic) bond motifs is 2. The average molecular weight is 850 g/mol. The molecular formula is C44H47N7O11. The van der Waals surface area contributed by atoms with Crippen LogP contribution in [0.5, 0.6) is 11.5 Å². The summed E-state index contributed by atoms with van der Waals surface area (Å²) in [6.07, 6.45) is 4.44. The van der Waals surface area contributed by atoms with Gasteiger partial charge in [-0.05, 0) is 73.6 Å². The SMILES string of the molecule is CN(CCNC(=O)CCCCCNC(=O)COc1cccc2c1C(=O)N(C1CCC(=O)NC1=O)C2=O)C(=O)c1ccc(C(=O)C=C(N)C(=O)NC2CCc3ccccc32)cc1O. The molecule has 1 fully saturated rings. The van der Waals surface area contributed by atoms with Crippen LogP contribution in [0, 0.1) is 0 Å². The summed E-state index contributed by atoms with van der Waals surface area (Å²) in [4.78, 5) is 116. The Morgan fingerprint density at radius 1 is 0.903 bits per heavy atom. The smallest absolute Gasteiger partial charge is 0.267 e. The summed E-state index contributed by atoms with van der Waals surface area (Å²) in [7, 11) is 1.50. The van der Waals surface area contributed by atoms with Gasteiger partial charge in [-0.25, -0.2) is 0 Å². The minimum absolute atomic E-state index is 0.00846. The summed E-state index contributed by atoms with van der Waals surface area (Å²) >= 11 is 0. The number of carbonyl (C=O) groups is 9. The lowest BCUT2D eigenvalue weighted by atomic mass is 10.0. The Labute approximate surface area is 356 Å². The van der Waals surface area contributed by atoms with E-state index in [9.17, 15) is 48.3 Å². The molecule has 8 amide bonds. The van der Waals surface area contributed by atoms with Gasteiger partial charge < -0.3 is 36.4 Å². The van der Waals surface area contributed by atoms with Gasteiger partial charge in [0.15, 0.2) is 12.4 Å². The predicted molar refractivity (Wildman–Crippen MR) is 220 cm³/mol. The van der Waals surface area contributed by atoms with E-state index in [0.29, 0.717) is 25.8 Å². The molecule has 6 rings (SSSR count). The first-order valence-corrected chi connectivity index (χ1v) is 20.2. The largest absolute Gasteiger partial charge is 0.507 e. The van der Waals surface area contributed by atoms with Gasteiger partial charge in [0.1, 0.15) is 23.2 Å². The van der Waals surface area contributed by atoms with E-state index in [1.165, 1.54) is 42.3 Å². The highest BCUT2D eigenvalue weighted by Gasteiger charge is 2.46. The van der Waals surface area contributed by atoms with E-state index in [0.717, 1.165) is 41.0 Å². The second kappa shape index (κ2) is 19.8. The Morgan fingerprint density at radius 2 is 1.68 bits per heavy atom. The maximum absolute atomic E-state index is 13.2. The number of phenols is 1. The van der Waals surface area contributed by atoms with Crippen molar-refractivity contribution in [2.24, 2.45) is 5.73 Å². The zero-order chi connectivity index (χ0) is 44.5. The number of phenolic OH excluding ortho intramolecular Hbond substituents is 1. The standard InChI is InChI=1S/C44H47N7O11/c1-50(42(59)28-15-13-26(22-34(28)53)33(52)23-30(45)40(57)48-31-16-14-25-8-4-5-9-27(25)31)21-20-47-36(54)12-3-2-6-19-46-38(56)24-62-35-11-7-10-29-39(35)44(61)51(43(29)60)32-17-18-37(55)49-41(32)58/h4-5,7-11,13,15,22-23,31-32,53H,2-3,6,12,14,16-21,24,45H2,1H3,(H,46,56)(H,47,54)(H,48,57)(H,49,55,58). The Hall–Kier alpha value is -7.37. The lowest BCUT2D eigenvalue weighted by molar-refractivity contribution is -0.136. The zero-order valence-corrected chi connectivity index (χ0v) is 34.0. The highest BCUT2D eigenvalue weighted by Crippen LogP contribution is 2.34. The first kappa shape index (κ1) is 44.2. The van der Waals surface area contributed by atoms with Gasteiger partial charge in [0.2, 0.25) is 17.7 Å². The number of rotatable bonds is 18. The molecule has 3 aliphatic rings. The van der Waals surface area contributed by atoms with Crippen LogP contribution in [-0.4, -0.2) is 107 Å². The lowest BCUT2D eigenvalue weighted by Gasteiger charge is -2.27. The maximum atomic E-state index is 13.2. The molecule has 2 heterocycles. The fourth-order valence-electron chi connectivity index (χ4n) is 7.48. The normalized spacial score (nSPS) is 16.9. The number of carbonyl (C=O) groups excluding carboxylic acids is 9. The number of amides is 8. The molecule has 0 bridgehead atoms. The first-order valence-electron chi connectivity index (χ1n) is 20.2. The molecular weight excluding hydrogens is 803 g/mol. The molecule has 1 saturated heterocycles. The molecule has 2 unspecified atom stereocenters. The fraction of sp³-hybridized carbons (Fsp3) is 0.341. The molecule has 2 atom stereocenters. The number of likely N-dealkylation sites (N-methyl/N-ethyl adjacent to an activating group) is 1. The molecule has 62 heavy (non-hydrogen) atoms. The van der Waals surface area contributed by atoms with Gasteiger partial charge >= 0.3 is 0 Å². The number of hydrogen-bond donors (Lipinski definition) is 6. The van der Waals surface area contributed by atoms with Crippen molar-refractivity contribution < 1.29 is 53.0 Å². The number of benzene rings is 3. The van der Waals surface area contributed by atoms with Crippen molar-refractivity contribution in [2.75, 3.05) is 33.3 Å². The zero-order valence-electron chi connectivity index (χ0n) is 34.0. The molecule has 18 nitrogen and oxygen atoms in total. The first-order chi connectivity index (χ1) is 29.7. The molecule has 7 N–H and O–H groups in total. The third-order valence-electron chi connectivity index (χ3n) is 10.8. The average Bonchev–Trinajstić information content (AvgIpc) is 3.77. The number of allylic oxidation sites excluding steroid dienone is 1. The van der Waals surface area contributed by atoms with Crippen molar-refractivity contribution in [3.63, 3.8) is 0 Å². The van der Waals surface area contributed by atoms with Gasteiger partial charge in [-0.15, -0.1) is 0 Å². The number of ether oxygens (including phenoxy) is 1. The number of unbranched alkanes of at least 4 members (excludes halogenated alkanes) is 2. The Morgan fingerprint density at radius 3 is 2.45 bits per heavy atom. The van der Waals surface area contributed by atoms with Crippen LogP contribution < -0.4 is 31.7 Å². The third-order valence-corrected chi connectivity index (χ3v) is 10.8. The number of ketones is 1. The molecule has 0 saturated carbocycles. The molecule has 0 radical (unpaired) electrons. The van der Waals surface area contributed by atoms with Gasteiger partial charge in [0.05, 0.1) is 22.7 Å². The van der Waals surface area contributed by atoms with Gasteiger partial charge in [0, 0.05) is 51.2 Å². The van der Waals surface area contributed by atoms with Crippen LogP contribution in [0.15, 0.2) is 72.4 Å². The van der Waals surface area contributed by atoms with Crippen molar-refractivity contribution in [2.45, 2.75) is 63.5 Å². The number of hydrogen-bond acceptors (Lipinski definition) is 12. The molecule has 0 spiro atoms. The second-order valence-electron chi connectivity index (χ2n) is 15.1. The topological polar surface area (TPSA) is 264 Å². The highest BCUT2D eigenvalue weighted by atomic mass is 16.5. The molecule has 1 aliphatic carbocycles. The van der Waals surface area contributed by atoms with Gasteiger partial charge in [-0.3, -0.25) is 53.4 Å². The van der Waals surface area contributed by atoms with Crippen molar-refractivity contribution in [3.8, 4) is 11.5 Å². The van der Waals surface area contributed by atoms with Crippen molar-refractivity contribution in [1.29, 1.82) is 0 Å². The number of imide groups is 2. The van der Waals surface area contributed by atoms with Crippen LogP contribution in [0.25, 0.3) is 0 Å². The molecule has 3 aromatic carbocycles. The van der Waals surface area contributed by atoms with E-state index in [2.05, 4.69) is 21.3 Å². The minimum Gasteiger partial charge on any atom is -0.507 e. The molecule has 0 aromatic heterocycles. The molecule has 3 aromatic rings. The Kier molecular flexibility index (Phi) is 14.1. The lowest BCUT2D eigenvalue weighted by Crippen LogP contribution is -2.54. The number of nitrogens with zero attached hydrogens (tertiary/aromatic N) is 2. The summed E-state index contributed by atoms with van der Waals surface area (Å²) in [5, 5.41) is 21.0. The van der Waals surface area contributed by atoms with Crippen LogP contribution in [-0.2, 0) is 30.4 Å². The van der Waals surface area contributed by atoms with Crippen LogP contribution in [0.2, 0.25) is 0 Å². The van der Waals surface area contributed by atoms with E-state index in [-0.39, 0.29) is 78.0 Å². The van der Waals surface area contributed by atoms with E-state index >= 15 is 0 Å². The molecule has 2 aliphatic heterocycles. The number of aromatic hydroxyl groups is 1. The summed E-state index contributed by atoms with van der Waals surface area (Å²) in [5.41, 5.74) is 7.75. The van der Waals surface area contributed by atoms with Crippen molar-refractivity contribution >= 4 is 53.0 Å². The monoisotopic (exact) mass is 849 g/mol. The van der Waals surface area contributed by atoms with Crippen LogP contribution >= 0.6 is 0 Å². The third kappa shape index (κ3) is 10.3. The van der Waals surface area contributed by atoms with E-state index in [4.69, 9.17) is 10.5 Å². The van der Waals surface area contributed by atoms with E-state index < -0.39 is 65.5 Å². The van der Waals surface area contributed by atoms with Gasteiger partial charge in [-0.1, -0.05) is 36.8 Å². The number of nitrogens with one attached hydrogen (secondary N) is 4. The summed E-state index contributed by atoms with van der Waals surface area (Å²) in [6.45, 7) is 0.134.